The van der Waals surface area contributed by atoms with E-state index in [2.05, 4.69) is 12.1 Å². The van der Waals surface area contributed by atoms with Gasteiger partial charge < -0.3 is 0 Å². The molecule has 2 fully saturated rings. The highest BCUT2D eigenvalue weighted by Crippen LogP contribution is 2.45. The van der Waals surface area contributed by atoms with E-state index in [0.29, 0.717) is 24.1 Å². The molecule has 0 N–H and O–H groups in total. The minimum absolute atomic E-state index is 0.0786. The maximum absolute atomic E-state index is 13.0. The van der Waals surface area contributed by atoms with Gasteiger partial charge in [-0.15, -0.1) is 0 Å². The van der Waals surface area contributed by atoms with Crippen molar-refractivity contribution >= 4 is 23.2 Å². The van der Waals surface area contributed by atoms with Crippen molar-refractivity contribution in [2.45, 2.75) is 32.1 Å². The molecule has 0 aromatic heterocycles. The molecule has 1 saturated heterocycles. The van der Waals surface area contributed by atoms with Gasteiger partial charge in [0.05, 0.1) is 22.4 Å². The lowest BCUT2D eigenvalue weighted by molar-refractivity contribution is -0.385. The molecule has 3 unspecified atom stereocenters. The van der Waals surface area contributed by atoms with Crippen LogP contribution in [-0.4, -0.2) is 16.7 Å². The molecule has 0 radical (unpaired) electrons. The monoisotopic (exact) mass is 364 g/mol. The van der Waals surface area contributed by atoms with Crippen LogP contribution in [0.4, 0.5) is 11.4 Å². The van der Waals surface area contributed by atoms with Crippen molar-refractivity contribution in [1.82, 2.24) is 0 Å². The van der Waals surface area contributed by atoms with E-state index in [1.165, 1.54) is 11.6 Å². The number of hydrogen-bond donors (Lipinski definition) is 0. The number of benzene rings is 2. The van der Waals surface area contributed by atoms with Crippen molar-refractivity contribution in [1.29, 1.82) is 0 Å². The number of nitrogens with zero attached hydrogens (tertiary/aromatic N) is 2. The van der Waals surface area contributed by atoms with Crippen molar-refractivity contribution in [3.8, 4) is 0 Å². The fraction of sp³-hybridized carbons (Fsp3) is 0.333. The fourth-order valence-corrected chi connectivity index (χ4v) is 4.40. The Kier molecular flexibility index (Phi) is 4.26. The van der Waals surface area contributed by atoms with E-state index in [1.54, 1.807) is 19.1 Å². The smallest absolute Gasteiger partial charge is 0.274 e. The van der Waals surface area contributed by atoms with Gasteiger partial charge in [-0.3, -0.25) is 19.7 Å². The third-order valence-electron chi connectivity index (χ3n) is 5.84. The lowest BCUT2D eigenvalue weighted by atomic mass is 9.73. The Balaban J connectivity index is 1.63. The van der Waals surface area contributed by atoms with Crippen LogP contribution in [0, 0.1) is 28.9 Å². The molecular formula is C21H20N2O4. The van der Waals surface area contributed by atoms with Crippen molar-refractivity contribution in [2.24, 2.45) is 11.8 Å². The molecule has 1 aliphatic carbocycles. The van der Waals surface area contributed by atoms with E-state index in [4.69, 9.17) is 0 Å². The number of nitro groups is 1. The van der Waals surface area contributed by atoms with Gasteiger partial charge in [0.1, 0.15) is 0 Å². The normalized spacial score (nSPS) is 24.8. The van der Waals surface area contributed by atoms with Gasteiger partial charge in [0.15, 0.2) is 0 Å². The number of anilines is 1. The number of carbonyl (C=O) groups excluding carboxylic acids is 2. The van der Waals surface area contributed by atoms with Gasteiger partial charge >= 0.3 is 0 Å². The largest absolute Gasteiger partial charge is 0.274 e. The lowest BCUT2D eigenvalue weighted by Crippen LogP contribution is -2.30. The van der Waals surface area contributed by atoms with E-state index in [9.17, 15) is 19.7 Å². The summed E-state index contributed by atoms with van der Waals surface area (Å²) in [5.41, 5.74) is 1.92. The summed E-state index contributed by atoms with van der Waals surface area (Å²) in [6.45, 7) is 1.64. The molecule has 1 saturated carbocycles. The van der Waals surface area contributed by atoms with E-state index in [-0.39, 0.29) is 35.3 Å². The summed E-state index contributed by atoms with van der Waals surface area (Å²) >= 11 is 0. The van der Waals surface area contributed by atoms with Crippen LogP contribution in [0.3, 0.4) is 0 Å². The minimum Gasteiger partial charge on any atom is -0.274 e. The molecule has 0 spiro atoms. The van der Waals surface area contributed by atoms with Crippen LogP contribution in [0.15, 0.2) is 48.5 Å². The highest BCUT2D eigenvalue weighted by molar-refractivity contribution is 6.22. The molecule has 1 heterocycles. The SMILES string of the molecule is Cc1ccc(N2C(=O)C3CCC(c4ccccc4)CC3C2=O)cc1[N+](=O)[O-]. The standard InChI is InChI=1S/C21H20N2O4/c1-13-7-9-16(12-19(13)23(26)27)22-20(24)17-10-8-15(11-18(17)21(22)25)14-5-3-2-4-6-14/h2-7,9,12,15,17-18H,8,10-11H2,1H3. The zero-order chi connectivity index (χ0) is 19.1. The zero-order valence-corrected chi connectivity index (χ0v) is 15.0. The molecule has 2 aromatic rings. The van der Waals surface area contributed by atoms with Crippen LogP contribution in [0.2, 0.25) is 0 Å². The Bertz CT molecular complexity index is 925. The number of amides is 2. The molecular weight excluding hydrogens is 344 g/mol. The van der Waals surface area contributed by atoms with Gasteiger partial charge in [0, 0.05) is 11.6 Å². The Morgan fingerprint density at radius 3 is 2.41 bits per heavy atom. The van der Waals surface area contributed by atoms with Crippen LogP contribution < -0.4 is 4.90 Å². The molecule has 2 aliphatic rings. The maximum Gasteiger partial charge on any atom is 0.274 e. The summed E-state index contributed by atoms with van der Waals surface area (Å²) in [6.07, 6.45) is 2.18. The zero-order valence-electron chi connectivity index (χ0n) is 15.0. The Morgan fingerprint density at radius 2 is 1.70 bits per heavy atom. The van der Waals surface area contributed by atoms with E-state index in [0.717, 1.165) is 11.3 Å². The molecule has 2 aromatic carbocycles. The second-order valence-electron chi connectivity index (χ2n) is 7.37. The molecule has 4 rings (SSSR count). The molecule has 6 heteroatoms. The highest BCUT2D eigenvalue weighted by atomic mass is 16.6. The number of fused-ring (bicyclic) bond motifs is 1. The van der Waals surface area contributed by atoms with Crippen LogP contribution in [-0.2, 0) is 9.59 Å². The molecule has 1 aliphatic heterocycles. The first-order chi connectivity index (χ1) is 13.0. The first kappa shape index (κ1) is 17.4. The number of imide groups is 1. The first-order valence-electron chi connectivity index (χ1n) is 9.15. The van der Waals surface area contributed by atoms with Crippen LogP contribution in [0.25, 0.3) is 0 Å². The maximum atomic E-state index is 13.0. The fourth-order valence-electron chi connectivity index (χ4n) is 4.40. The molecule has 0 bridgehead atoms. The third-order valence-corrected chi connectivity index (χ3v) is 5.84. The van der Waals surface area contributed by atoms with Crippen molar-refractivity contribution in [2.75, 3.05) is 4.90 Å². The molecule has 6 nitrogen and oxygen atoms in total. The number of hydrogen-bond acceptors (Lipinski definition) is 4. The second-order valence-corrected chi connectivity index (χ2v) is 7.37. The molecule has 138 valence electrons. The Hall–Kier alpha value is -3.02. The van der Waals surface area contributed by atoms with Crippen molar-refractivity contribution in [3.05, 3.63) is 69.8 Å². The van der Waals surface area contributed by atoms with Gasteiger partial charge in [0.2, 0.25) is 11.8 Å². The van der Waals surface area contributed by atoms with Crippen LogP contribution in [0.1, 0.15) is 36.3 Å². The summed E-state index contributed by atoms with van der Waals surface area (Å²) in [6, 6.07) is 14.6. The van der Waals surface area contributed by atoms with Crippen molar-refractivity contribution < 1.29 is 14.5 Å². The van der Waals surface area contributed by atoms with E-state index >= 15 is 0 Å². The number of carbonyl (C=O) groups is 2. The van der Waals surface area contributed by atoms with Gasteiger partial charge in [0.25, 0.3) is 5.69 Å². The number of rotatable bonds is 3. The first-order valence-corrected chi connectivity index (χ1v) is 9.15. The third kappa shape index (κ3) is 2.91. The van der Waals surface area contributed by atoms with Crippen LogP contribution >= 0.6 is 0 Å². The predicted octanol–water partition coefficient (Wildman–Crippen LogP) is 3.98. The topological polar surface area (TPSA) is 80.5 Å². The quantitative estimate of drug-likeness (QED) is 0.469. The van der Waals surface area contributed by atoms with Gasteiger partial charge in [-0.25, -0.2) is 4.90 Å². The summed E-state index contributed by atoms with van der Waals surface area (Å²) in [4.78, 5) is 37.8. The minimum atomic E-state index is -0.484. The molecule has 2 amide bonds. The van der Waals surface area contributed by atoms with Crippen molar-refractivity contribution in [3.63, 3.8) is 0 Å². The molecule has 27 heavy (non-hydrogen) atoms. The number of aryl methyl sites for hydroxylation is 1. The average molecular weight is 364 g/mol. The number of nitro benzene ring substituents is 1. The summed E-state index contributed by atoms with van der Waals surface area (Å²) in [5, 5.41) is 11.2. The lowest BCUT2D eigenvalue weighted by Gasteiger charge is -2.28. The highest BCUT2D eigenvalue weighted by Gasteiger charge is 2.50. The molecule has 3 atom stereocenters. The second kappa shape index (κ2) is 6.61. The summed E-state index contributed by atoms with van der Waals surface area (Å²) < 4.78 is 0. The predicted molar refractivity (Wildman–Crippen MR) is 100 cm³/mol. The average Bonchev–Trinajstić information content (AvgIpc) is 2.93. The van der Waals surface area contributed by atoms with Crippen LogP contribution in [0.5, 0.6) is 0 Å². The van der Waals surface area contributed by atoms with Gasteiger partial charge in [-0.2, -0.15) is 0 Å². The Labute approximate surface area is 156 Å². The summed E-state index contributed by atoms with van der Waals surface area (Å²) in [7, 11) is 0. The Morgan fingerprint density at radius 1 is 1.00 bits per heavy atom. The van der Waals surface area contributed by atoms with E-state index in [1.807, 2.05) is 18.2 Å². The van der Waals surface area contributed by atoms with E-state index < -0.39 is 4.92 Å². The van der Waals surface area contributed by atoms with Gasteiger partial charge in [-0.05, 0) is 43.7 Å². The summed E-state index contributed by atoms with van der Waals surface area (Å²) in [5.74, 6) is -0.871. The van der Waals surface area contributed by atoms with Gasteiger partial charge in [-0.1, -0.05) is 36.4 Å².